The highest BCUT2D eigenvalue weighted by Crippen LogP contribution is 2.27. The molecule has 1 amide bonds. The van der Waals surface area contributed by atoms with Gasteiger partial charge in [-0.15, -0.1) is 0 Å². The first kappa shape index (κ1) is 26.4. The van der Waals surface area contributed by atoms with Crippen LogP contribution >= 0.6 is 11.6 Å². The van der Waals surface area contributed by atoms with Crippen molar-refractivity contribution in [2.45, 2.75) is 85.2 Å². The van der Waals surface area contributed by atoms with Gasteiger partial charge in [-0.3, -0.25) is 0 Å². The van der Waals surface area contributed by atoms with Crippen LogP contribution in [0, 0.1) is 0 Å². The molecule has 0 aromatic carbocycles. The van der Waals surface area contributed by atoms with Crippen LogP contribution in [0.1, 0.15) is 78.7 Å². The van der Waals surface area contributed by atoms with E-state index in [1.165, 1.54) is 0 Å². The van der Waals surface area contributed by atoms with Gasteiger partial charge in [0.1, 0.15) is 11.2 Å². The van der Waals surface area contributed by atoms with E-state index in [0.29, 0.717) is 19.8 Å². The number of halogens is 1. The summed E-state index contributed by atoms with van der Waals surface area (Å²) in [5.41, 5.74) is 1.26. The SMILES string of the molecule is CCOC(OCC)c1cc2cnc(Cl)nc2n1CCCCCCCNC(=O)OC(C)(C)C. The molecule has 0 unspecified atom stereocenters. The molecule has 180 valence electrons. The molecule has 0 aliphatic heterocycles. The van der Waals surface area contributed by atoms with Crippen LogP contribution in [0.5, 0.6) is 0 Å². The Morgan fingerprint density at radius 3 is 2.44 bits per heavy atom. The minimum atomic E-state index is -0.468. The zero-order chi connectivity index (χ0) is 23.6. The van der Waals surface area contributed by atoms with E-state index in [9.17, 15) is 4.79 Å². The molecule has 0 atom stereocenters. The van der Waals surface area contributed by atoms with Crippen LogP contribution in [0.2, 0.25) is 5.28 Å². The molecule has 2 heterocycles. The summed E-state index contributed by atoms with van der Waals surface area (Å²) in [4.78, 5) is 20.2. The molecule has 2 aromatic rings. The van der Waals surface area contributed by atoms with Crippen molar-refractivity contribution in [3.63, 3.8) is 0 Å². The zero-order valence-electron chi connectivity index (χ0n) is 19.9. The van der Waals surface area contributed by atoms with Gasteiger partial charge in [-0.2, -0.15) is 4.98 Å². The maximum atomic E-state index is 11.7. The first-order chi connectivity index (χ1) is 15.2. The summed E-state index contributed by atoms with van der Waals surface area (Å²) in [6.45, 7) is 12.0. The molecule has 0 spiro atoms. The van der Waals surface area contributed by atoms with Gasteiger partial charge >= 0.3 is 6.09 Å². The van der Waals surface area contributed by atoms with Crippen LogP contribution in [0.15, 0.2) is 12.3 Å². The molecular formula is C23H37ClN4O4. The Morgan fingerprint density at radius 2 is 1.78 bits per heavy atom. The third-order valence-corrected chi connectivity index (χ3v) is 4.92. The van der Waals surface area contributed by atoms with E-state index in [4.69, 9.17) is 25.8 Å². The molecule has 0 saturated heterocycles. The van der Waals surface area contributed by atoms with Gasteiger partial charge in [-0.1, -0.05) is 19.3 Å². The van der Waals surface area contributed by atoms with Gasteiger partial charge in [0.15, 0.2) is 6.29 Å². The molecule has 0 bridgehead atoms. The Morgan fingerprint density at radius 1 is 1.12 bits per heavy atom. The Hall–Kier alpha value is -1.90. The number of carbonyl (C=O) groups is 1. The van der Waals surface area contributed by atoms with E-state index < -0.39 is 11.9 Å². The number of fused-ring (bicyclic) bond motifs is 1. The van der Waals surface area contributed by atoms with Gasteiger partial charge in [-0.25, -0.2) is 9.78 Å². The van der Waals surface area contributed by atoms with Gasteiger partial charge in [0.25, 0.3) is 0 Å². The zero-order valence-corrected chi connectivity index (χ0v) is 20.7. The van der Waals surface area contributed by atoms with Crippen LogP contribution in [0.3, 0.4) is 0 Å². The summed E-state index contributed by atoms with van der Waals surface area (Å²) < 4.78 is 19.0. The molecule has 0 fully saturated rings. The van der Waals surface area contributed by atoms with E-state index in [1.807, 2.05) is 40.7 Å². The largest absolute Gasteiger partial charge is 0.444 e. The Balaban J connectivity index is 1.86. The van der Waals surface area contributed by atoms with E-state index in [1.54, 1.807) is 6.20 Å². The molecule has 0 radical (unpaired) electrons. The van der Waals surface area contributed by atoms with Gasteiger partial charge in [0.2, 0.25) is 5.28 Å². The van der Waals surface area contributed by atoms with E-state index >= 15 is 0 Å². The van der Waals surface area contributed by atoms with Crippen molar-refractivity contribution in [1.82, 2.24) is 19.9 Å². The molecule has 9 heteroatoms. The number of ether oxygens (including phenoxy) is 3. The summed E-state index contributed by atoms with van der Waals surface area (Å²) >= 11 is 6.05. The molecule has 0 aliphatic rings. The summed E-state index contributed by atoms with van der Waals surface area (Å²) in [6, 6.07) is 2.02. The molecular weight excluding hydrogens is 432 g/mol. The number of carbonyl (C=O) groups excluding carboxylic acids is 1. The van der Waals surface area contributed by atoms with Crippen molar-refractivity contribution in [1.29, 1.82) is 0 Å². The monoisotopic (exact) mass is 468 g/mol. The average molecular weight is 469 g/mol. The van der Waals surface area contributed by atoms with Crippen LogP contribution < -0.4 is 5.32 Å². The highest BCUT2D eigenvalue weighted by Gasteiger charge is 2.20. The van der Waals surface area contributed by atoms with Crippen molar-refractivity contribution in [3.05, 3.63) is 23.2 Å². The van der Waals surface area contributed by atoms with Crippen molar-refractivity contribution in [3.8, 4) is 0 Å². The lowest BCUT2D eigenvalue weighted by molar-refractivity contribution is -0.144. The Labute approximate surface area is 196 Å². The smallest absolute Gasteiger partial charge is 0.407 e. The third-order valence-electron chi connectivity index (χ3n) is 4.74. The van der Waals surface area contributed by atoms with Crippen LogP contribution in [0.25, 0.3) is 11.0 Å². The highest BCUT2D eigenvalue weighted by molar-refractivity contribution is 6.28. The quantitative estimate of drug-likeness (QED) is 0.233. The lowest BCUT2D eigenvalue weighted by atomic mass is 10.1. The summed E-state index contributed by atoms with van der Waals surface area (Å²) in [5, 5.41) is 3.95. The summed E-state index contributed by atoms with van der Waals surface area (Å²) in [7, 11) is 0. The standard InChI is InChI=1S/C23H37ClN4O4/c1-6-30-20(31-7-2)18-15-17-16-26-21(24)27-19(17)28(18)14-12-10-8-9-11-13-25-22(29)32-23(3,4)5/h15-16,20H,6-14H2,1-5H3,(H,25,29). The van der Waals surface area contributed by atoms with Crippen LogP contribution in [-0.2, 0) is 20.8 Å². The van der Waals surface area contributed by atoms with Gasteiger partial charge in [0, 0.05) is 37.9 Å². The van der Waals surface area contributed by atoms with Gasteiger partial charge < -0.3 is 24.1 Å². The fourth-order valence-electron chi connectivity index (χ4n) is 3.42. The molecule has 2 rings (SSSR count). The minimum Gasteiger partial charge on any atom is -0.444 e. The first-order valence-corrected chi connectivity index (χ1v) is 11.8. The normalized spacial score (nSPS) is 12.0. The first-order valence-electron chi connectivity index (χ1n) is 11.5. The number of alkyl carbamates (subject to hydrolysis) is 1. The fraction of sp³-hybridized carbons (Fsp3) is 0.696. The number of aryl methyl sites for hydroxylation is 1. The van der Waals surface area contributed by atoms with Gasteiger partial charge in [0.05, 0.1) is 5.69 Å². The molecule has 0 aliphatic carbocycles. The number of nitrogens with one attached hydrogen (secondary N) is 1. The average Bonchev–Trinajstić information content (AvgIpc) is 3.06. The maximum Gasteiger partial charge on any atom is 0.407 e. The summed E-state index contributed by atoms with van der Waals surface area (Å²) in [5.74, 6) is 0. The minimum absolute atomic E-state index is 0.227. The van der Waals surface area contributed by atoms with Crippen molar-refractivity contribution in [2.24, 2.45) is 0 Å². The predicted molar refractivity (Wildman–Crippen MR) is 126 cm³/mol. The number of hydrogen-bond donors (Lipinski definition) is 1. The van der Waals surface area contributed by atoms with Crippen molar-refractivity contribution < 1.29 is 19.0 Å². The third kappa shape index (κ3) is 8.56. The lowest BCUT2D eigenvalue weighted by Crippen LogP contribution is -2.32. The number of nitrogens with zero attached hydrogens (tertiary/aromatic N) is 3. The van der Waals surface area contributed by atoms with Crippen molar-refractivity contribution >= 4 is 28.7 Å². The topological polar surface area (TPSA) is 87.5 Å². The van der Waals surface area contributed by atoms with E-state index in [-0.39, 0.29) is 11.4 Å². The number of rotatable bonds is 13. The molecule has 32 heavy (non-hydrogen) atoms. The second-order valence-electron chi connectivity index (χ2n) is 8.58. The maximum absolute atomic E-state index is 11.7. The van der Waals surface area contributed by atoms with Crippen LogP contribution in [-0.4, -0.2) is 46.0 Å². The second-order valence-corrected chi connectivity index (χ2v) is 8.92. The predicted octanol–water partition coefficient (Wildman–Crippen LogP) is 5.63. The molecule has 8 nitrogen and oxygen atoms in total. The van der Waals surface area contributed by atoms with Gasteiger partial charge in [-0.05, 0) is 65.1 Å². The second kappa shape index (κ2) is 13.0. The summed E-state index contributed by atoms with van der Waals surface area (Å²) in [6.07, 6.45) is 6.04. The van der Waals surface area contributed by atoms with E-state index in [0.717, 1.165) is 55.4 Å². The highest BCUT2D eigenvalue weighted by atomic mass is 35.5. The number of aromatic nitrogens is 3. The molecule has 1 N–H and O–H groups in total. The molecule has 0 saturated carbocycles. The number of unbranched alkanes of at least 4 members (excludes halogenated alkanes) is 4. The number of hydrogen-bond acceptors (Lipinski definition) is 6. The molecule has 2 aromatic heterocycles. The van der Waals surface area contributed by atoms with Crippen molar-refractivity contribution in [2.75, 3.05) is 19.8 Å². The Bertz CT molecular complexity index is 844. The number of amides is 1. The lowest BCUT2D eigenvalue weighted by Gasteiger charge is -2.20. The van der Waals surface area contributed by atoms with Crippen LogP contribution in [0.4, 0.5) is 4.79 Å². The Kier molecular flexibility index (Phi) is 10.7. The van der Waals surface area contributed by atoms with E-state index in [2.05, 4.69) is 19.9 Å². The fourth-order valence-corrected chi connectivity index (χ4v) is 3.55.